The molecule has 2 atom stereocenters. The van der Waals surface area contributed by atoms with E-state index in [1.54, 1.807) is 14.1 Å². The number of aromatic nitrogens is 3. The van der Waals surface area contributed by atoms with E-state index in [0.29, 0.717) is 5.82 Å². The maximum Gasteiger partial charge on any atom is 0.346 e. The molecule has 0 aliphatic carbocycles. The van der Waals surface area contributed by atoms with Crippen molar-refractivity contribution < 1.29 is 22.7 Å². The monoisotopic (exact) mass is 392 g/mol. The van der Waals surface area contributed by atoms with Gasteiger partial charge in [-0.15, -0.1) is 5.10 Å². The van der Waals surface area contributed by atoms with Crippen LogP contribution in [0.3, 0.4) is 0 Å². The third-order valence-electron chi connectivity index (χ3n) is 3.41. The number of carbonyl (C=O) groups excluding carboxylic acids is 2. The fraction of sp³-hybridized carbons (Fsp3) is 0.714. The zero-order chi connectivity index (χ0) is 19.4. The van der Waals surface area contributed by atoms with Crippen molar-refractivity contribution in [1.82, 2.24) is 19.7 Å². The standard InChI is InChI=1S/C14H24N4O5S2/c1-7-9(2)12-15-13(18(16-12)14(20)17(5)6)24-11(4)25(21,22)8-23-10(3)19/h9,11H,7-8H2,1-6H3. The minimum Gasteiger partial charge on any atom is -0.449 e. The van der Waals surface area contributed by atoms with Crippen LogP contribution < -0.4 is 0 Å². The molecule has 0 radical (unpaired) electrons. The van der Waals surface area contributed by atoms with Crippen molar-refractivity contribution in [3.63, 3.8) is 0 Å². The predicted octanol–water partition coefficient (Wildman–Crippen LogP) is 1.69. The lowest BCUT2D eigenvalue weighted by Gasteiger charge is -2.14. The average molecular weight is 393 g/mol. The van der Waals surface area contributed by atoms with E-state index < -0.39 is 32.4 Å². The van der Waals surface area contributed by atoms with Crippen LogP contribution in [0.5, 0.6) is 0 Å². The summed E-state index contributed by atoms with van der Waals surface area (Å²) in [6.45, 7) is 6.48. The van der Waals surface area contributed by atoms with Crippen molar-refractivity contribution in [3.05, 3.63) is 5.82 Å². The summed E-state index contributed by atoms with van der Waals surface area (Å²) >= 11 is 0.886. The Bertz CT molecular complexity index is 730. The van der Waals surface area contributed by atoms with E-state index in [9.17, 15) is 18.0 Å². The molecule has 2 unspecified atom stereocenters. The van der Waals surface area contributed by atoms with Crippen LogP contribution in [-0.2, 0) is 19.4 Å². The lowest BCUT2D eigenvalue weighted by molar-refractivity contribution is -0.138. The molecule has 1 aromatic rings. The van der Waals surface area contributed by atoms with Gasteiger partial charge in [0.05, 0.1) is 0 Å². The number of hydrogen-bond acceptors (Lipinski definition) is 8. The Kier molecular flexibility index (Phi) is 7.42. The molecule has 0 aliphatic rings. The van der Waals surface area contributed by atoms with Crippen molar-refractivity contribution in [2.24, 2.45) is 0 Å². The summed E-state index contributed by atoms with van der Waals surface area (Å²) in [5, 5.41) is 4.41. The molecule has 0 bridgehead atoms. The molecule has 0 saturated carbocycles. The molecule has 1 rings (SSSR count). The van der Waals surface area contributed by atoms with Gasteiger partial charge in [-0.25, -0.2) is 18.2 Å². The predicted molar refractivity (Wildman–Crippen MR) is 94.1 cm³/mol. The summed E-state index contributed by atoms with van der Waals surface area (Å²) < 4.78 is 29.1. The van der Waals surface area contributed by atoms with E-state index in [1.165, 1.54) is 11.8 Å². The van der Waals surface area contributed by atoms with Gasteiger partial charge in [-0.3, -0.25) is 4.79 Å². The highest BCUT2D eigenvalue weighted by atomic mass is 32.3. The second kappa shape index (κ2) is 8.65. The van der Waals surface area contributed by atoms with Crippen LogP contribution in [0.4, 0.5) is 4.79 Å². The van der Waals surface area contributed by atoms with Crippen LogP contribution in [0.25, 0.3) is 0 Å². The minimum atomic E-state index is -3.72. The first-order valence-corrected chi connectivity index (χ1v) is 10.3. The number of carbonyl (C=O) groups is 2. The van der Waals surface area contributed by atoms with Gasteiger partial charge in [0.2, 0.25) is 0 Å². The van der Waals surface area contributed by atoms with Gasteiger partial charge in [0.25, 0.3) is 0 Å². The molecule has 0 fully saturated rings. The quantitative estimate of drug-likeness (QED) is 0.509. The highest BCUT2D eigenvalue weighted by molar-refractivity contribution is 8.13. The summed E-state index contributed by atoms with van der Waals surface area (Å²) in [6.07, 6.45) is 0.782. The first-order valence-electron chi connectivity index (χ1n) is 7.69. The second-order valence-corrected chi connectivity index (χ2v) is 9.63. The smallest absolute Gasteiger partial charge is 0.346 e. The van der Waals surface area contributed by atoms with E-state index in [1.807, 2.05) is 13.8 Å². The van der Waals surface area contributed by atoms with Crippen molar-refractivity contribution in [1.29, 1.82) is 0 Å². The van der Waals surface area contributed by atoms with Gasteiger partial charge in [-0.1, -0.05) is 25.6 Å². The normalized spacial score (nSPS) is 14.0. The van der Waals surface area contributed by atoms with Gasteiger partial charge in [0.1, 0.15) is 4.58 Å². The van der Waals surface area contributed by atoms with Crippen LogP contribution >= 0.6 is 11.8 Å². The summed E-state index contributed by atoms with van der Waals surface area (Å²) in [7, 11) is -0.576. The Hall–Kier alpha value is -1.62. The number of sulfone groups is 1. The summed E-state index contributed by atoms with van der Waals surface area (Å²) in [5.74, 6) is -0.885. The van der Waals surface area contributed by atoms with Gasteiger partial charge in [-0.2, -0.15) is 4.68 Å². The lowest BCUT2D eigenvalue weighted by Crippen LogP contribution is -2.29. The Morgan fingerprint density at radius 1 is 1.32 bits per heavy atom. The summed E-state index contributed by atoms with van der Waals surface area (Å²) in [4.78, 5) is 28.8. The largest absolute Gasteiger partial charge is 0.449 e. The molecule has 1 heterocycles. The van der Waals surface area contributed by atoms with Crippen LogP contribution in [0.15, 0.2) is 5.16 Å². The molecule has 11 heteroatoms. The highest BCUT2D eigenvalue weighted by Gasteiger charge is 2.28. The second-order valence-electron chi connectivity index (χ2n) is 5.75. The number of esters is 1. The van der Waals surface area contributed by atoms with Crippen molar-refractivity contribution in [3.8, 4) is 0 Å². The Balaban J connectivity index is 3.12. The van der Waals surface area contributed by atoms with Crippen LogP contribution in [0.1, 0.15) is 45.9 Å². The van der Waals surface area contributed by atoms with E-state index >= 15 is 0 Å². The van der Waals surface area contributed by atoms with Crippen molar-refractivity contribution in [2.45, 2.75) is 49.8 Å². The number of amides is 1. The van der Waals surface area contributed by atoms with Crippen LogP contribution in [0, 0.1) is 0 Å². The van der Waals surface area contributed by atoms with Gasteiger partial charge >= 0.3 is 12.0 Å². The summed E-state index contributed by atoms with van der Waals surface area (Å²) in [6, 6.07) is -0.422. The molecule has 1 aromatic heterocycles. The molecule has 0 spiro atoms. The Morgan fingerprint density at radius 2 is 1.92 bits per heavy atom. The van der Waals surface area contributed by atoms with E-state index in [-0.39, 0.29) is 11.1 Å². The fourth-order valence-corrected chi connectivity index (χ4v) is 3.77. The van der Waals surface area contributed by atoms with E-state index in [2.05, 4.69) is 14.8 Å². The van der Waals surface area contributed by atoms with E-state index in [0.717, 1.165) is 29.8 Å². The molecule has 0 aromatic carbocycles. The maximum atomic E-state index is 12.3. The SMILES string of the molecule is CCC(C)c1nc(SC(C)S(=O)(=O)COC(C)=O)n(C(=O)N(C)C)n1. The minimum absolute atomic E-state index is 0.0310. The third-order valence-corrected chi connectivity index (χ3v) is 6.85. The number of nitrogens with zero attached hydrogens (tertiary/aromatic N) is 4. The molecule has 1 amide bonds. The maximum absolute atomic E-state index is 12.3. The van der Waals surface area contributed by atoms with Crippen molar-refractivity contribution in [2.75, 3.05) is 20.0 Å². The highest BCUT2D eigenvalue weighted by Crippen LogP contribution is 2.28. The molecule has 9 nitrogen and oxygen atoms in total. The molecule has 0 N–H and O–H groups in total. The van der Waals surface area contributed by atoms with Gasteiger partial charge in [0.15, 0.2) is 26.8 Å². The molecule has 0 aliphatic heterocycles. The fourth-order valence-electron chi connectivity index (χ4n) is 1.58. The average Bonchev–Trinajstić information content (AvgIpc) is 2.95. The molecule has 142 valence electrons. The first-order chi connectivity index (χ1) is 11.5. The van der Waals surface area contributed by atoms with E-state index in [4.69, 9.17) is 0 Å². The zero-order valence-corrected chi connectivity index (χ0v) is 16.8. The van der Waals surface area contributed by atoms with Crippen LogP contribution in [0.2, 0.25) is 0 Å². The van der Waals surface area contributed by atoms with Crippen molar-refractivity contribution >= 4 is 33.6 Å². The first kappa shape index (κ1) is 21.4. The van der Waals surface area contributed by atoms with Gasteiger partial charge in [0, 0.05) is 26.9 Å². The van der Waals surface area contributed by atoms with Crippen LogP contribution in [-0.4, -0.2) is 64.7 Å². The lowest BCUT2D eigenvalue weighted by atomic mass is 10.1. The molecular weight excluding hydrogens is 368 g/mol. The Morgan fingerprint density at radius 3 is 2.40 bits per heavy atom. The number of thioether (sulfide) groups is 1. The number of rotatable bonds is 7. The van der Waals surface area contributed by atoms with Gasteiger partial charge in [-0.05, 0) is 13.3 Å². The number of hydrogen-bond donors (Lipinski definition) is 0. The molecule has 0 saturated heterocycles. The zero-order valence-electron chi connectivity index (χ0n) is 15.2. The topological polar surface area (TPSA) is 111 Å². The Labute approximate surface area is 152 Å². The summed E-state index contributed by atoms with van der Waals surface area (Å²) in [5.41, 5.74) is 0. The number of ether oxygens (including phenoxy) is 1. The third kappa shape index (κ3) is 5.70. The molecule has 25 heavy (non-hydrogen) atoms. The van der Waals surface area contributed by atoms with Gasteiger partial charge < -0.3 is 9.64 Å². The molecular formula is C14H24N4O5S2.